The fraction of sp³-hybridized carbons (Fsp3) is 0.722. The molecule has 0 aromatic heterocycles. The summed E-state index contributed by atoms with van der Waals surface area (Å²) >= 11 is 0. The summed E-state index contributed by atoms with van der Waals surface area (Å²) in [6.45, 7) is 2.17. The van der Waals surface area contributed by atoms with Crippen LogP contribution in [0.5, 0.6) is 0 Å². The molecular weight excluding hydrogens is 398 g/mol. The van der Waals surface area contributed by atoms with Crippen LogP contribution in [0, 0.1) is 0 Å². The van der Waals surface area contributed by atoms with Crippen LogP contribution < -0.4 is 22.1 Å². The van der Waals surface area contributed by atoms with Gasteiger partial charge < -0.3 is 37.2 Å². The maximum atomic E-state index is 13.1. The van der Waals surface area contributed by atoms with Gasteiger partial charge in [0.2, 0.25) is 17.7 Å². The second kappa shape index (κ2) is 12.1. The average molecular weight is 429 g/mol. The largest absolute Gasteiger partial charge is 0.481 e. The number of aliphatic carboxylic acids is 2. The summed E-state index contributed by atoms with van der Waals surface area (Å²) in [4.78, 5) is 61.0. The Morgan fingerprint density at radius 1 is 1.10 bits per heavy atom. The number of nitrogens with two attached hydrogens (primary N) is 2. The molecule has 0 spiro atoms. The Hall–Kier alpha value is -2.73. The zero-order valence-electron chi connectivity index (χ0n) is 17.0. The standard InChI is InChI=1S/C18H31N5O7/c1-10(20)15(26)21-11(5-2-3-7-19)17(28)23-8-4-6-13(23)16(27)22-12(18(29)30)9-14(24)25/h10-13H,2-9,19-20H2,1H3,(H,21,26)(H,22,27)(H,24,25)(H,29,30). The van der Waals surface area contributed by atoms with Crippen LogP contribution in [0.15, 0.2) is 0 Å². The number of nitrogens with zero attached hydrogens (tertiary/aromatic N) is 1. The Balaban J connectivity index is 2.91. The summed E-state index contributed by atoms with van der Waals surface area (Å²) in [5.74, 6) is -4.57. The van der Waals surface area contributed by atoms with E-state index >= 15 is 0 Å². The van der Waals surface area contributed by atoms with Crippen molar-refractivity contribution >= 4 is 29.7 Å². The molecule has 0 aromatic rings. The van der Waals surface area contributed by atoms with Crippen LogP contribution in [0.2, 0.25) is 0 Å². The lowest BCUT2D eigenvalue weighted by Crippen LogP contribution is -2.56. The van der Waals surface area contributed by atoms with Crippen LogP contribution in [0.1, 0.15) is 45.4 Å². The molecule has 0 radical (unpaired) electrons. The molecule has 170 valence electrons. The number of hydrogen-bond acceptors (Lipinski definition) is 7. The molecule has 1 rings (SSSR count). The lowest BCUT2D eigenvalue weighted by atomic mass is 10.1. The average Bonchev–Trinajstić information content (AvgIpc) is 3.15. The number of carbonyl (C=O) groups is 5. The second-order valence-corrected chi connectivity index (χ2v) is 7.32. The van der Waals surface area contributed by atoms with E-state index in [1.165, 1.54) is 11.8 Å². The molecule has 12 nitrogen and oxygen atoms in total. The molecule has 4 atom stereocenters. The highest BCUT2D eigenvalue weighted by atomic mass is 16.4. The zero-order valence-corrected chi connectivity index (χ0v) is 17.0. The summed E-state index contributed by atoms with van der Waals surface area (Å²) in [5.41, 5.74) is 11.1. The number of rotatable bonds is 12. The van der Waals surface area contributed by atoms with Gasteiger partial charge in [0.1, 0.15) is 18.1 Å². The molecule has 0 aliphatic carbocycles. The quantitative estimate of drug-likeness (QED) is 0.189. The van der Waals surface area contributed by atoms with Crippen LogP contribution >= 0.6 is 0 Å². The molecule has 0 aromatic carbocycles. The molecule has 1 aliphatic heterocycles. The van der Waals surface area contributed by atoms with E-state index in [2.05, 4.69) is 10.6 Å². The van der Waals surface area contributed by atoms with Gasteiger partial charge in [-0.15, -0.1) is 0 Å². The van der Waals surface area contributed by atoms with E-state index in [0.717, 1.165) is 0 Å². The zero-order chi connectivity index (χ0) is 22.8. The first-order valence-corrected chi connectivity index (χ1v) is 9.90. The number of carbonyl (C=O) groups excluding carboxylic acids is 3. The number of carboxylic acid groups (broad SMARTS) is 2. The smallest absolute Gasteiger partial charge is 0.326 e. The molecule has 8 N–H and O–H groups in total. The first kappa shape index (κ1) is 25.3. The van der Waals surface area contributed by atoms with Gasteiger partial charge in [0.05, 0.1) is 12.5 Å². The third-order valence-electron chi connectivity index (χ3n) is 4.81. The molecule has 1 saturated heterocycles. The summed E-state index contributed by atoms with van der Waals surface area (Å²) in [5, 5.41) is 22.7. The highest BCUT2D eigenvalue weighted by Crippen LogP contribution is 2.20. The number of amides is 3. The van der Waals surface area contributed by atoms with Crippen molar-refractivity contribution in [1.29, 1.82) is 0 Å². The van der Waals surface area contributed by atoms with Crippen molar-refractivity contribution in [3.8, 4) is 0 Å². The number of hydrogen-bond donors (Lipinski definition) is 6. The van der Waals surface area contributed by atoms with Crippen molar-refractivity contribution in [2.45, 2.75) is 69.6 Å². The molecule has 0 saturated carbocycles. The van der Waals surface area contributed by atoms with Crippen molar-refractivity contribution in [3.63, 3.8) is 0 Å². The van der Waals surface area contributed by atoms with E-state index in [-0.39, 0.29) is 6.54 Å². The van der Waals surface area contributed by atoms with Gasteiger partial charge in [0, 0.05) is 6.54 Å². The highest BCUT2D eigenvalue weighted by molar-refractivity contribution is 5.95. The first-order chi connectivity index (χ1) is 14.1. The number of likely N-dealkylation sites (tertiary alicyclic amines) is 1. The van der Waals surface area contributed by atoms with Crippen LogP contribution in [0.25, 0.3) is 0 Å². The van der Waals surface area contributed by atoms with Gasteiger partial charge in [0.15, 0.2) is 0 Å². The van der Waals surface area contributed by atoms with Crippen molar-refractivity contribution in [1.82, 2.24) is 15.5 Å². The van der Waals surface area contributed by atoms with E-state index in [0.29, 0.717) is 38.6 Å². The van der Waals surface area contributed by atoms with Crippen LogP contribution in [-0.4, -0.2) is 82.0 Å². The van der Waals surface area contributed by atoms with E-state index < -0.39 is 60.2 Å². The van der Waals surface area contributed by atoms with Gasteiger partial charge in [-0.1, -0.05) is 0 Å². The third-order valence-corrected chi connectivity index (χ3v) is 4.81. The van der Waals surface area contributed by atoms with Crippen LogP contribution in [0.3, 0.4) is 0 Å². The highest BCUT2D eigenvalue weighted by Gasteiger charge is 2.39. The molecule has 1 heterocycles. The number of unbranched alkanes of at least 4 members (excludes halogenated alkanes) is 1. The van der Waals surface area contributed by atoms with E-state index in [4.69, 9.17) is 21.7 Å². The van der Waals surface area contributed by atoms with Gasteiger partial charge >= 0.3 is 11.9 Å². The van der Waals surface area contributed by atoms with Gasteiger partial charge in [-0.05, 0) is 45.6 Å². The summed E-state index contributed by atoms with van der Waals surface area (Å²) in [6.07, 6.45) is 1.57. The Morgan fingerprint density at radius 3 is 2.30 bits per heavy atom. The molecule has 12 heteroatoms. The summed E-state index contributed by atoms with van der Waals surface area (Å²) in [6, 6.07) is -4.26. The summed E-state index contributed by atoms with van der Waals surface area (Å²) < 4.78 is 0. The van der Waals surface area contributed by atoms with Crippen molar-refractivity contribution in [3.05, 3.63) is 0 Å². The fourth-order valence-electron chi connectivity index (χ4n) is 3.20. The molecule has 3 amide bonds. The van der Waals surface area contributed by atoms with Gasteiger partial charge in [-0.2, -0.15) is 0 Å². The SMILES string of the molecule is CC(N)C(=O)NC(CCCCN)C(=O)N1CCCC1C(=O)NC(CC(=O)O)C(=O)O. The van der Waals surface area contributed by atoms with Crippen LogP contribution in [0.4, 0.5) is 0 Å². The predicted octanol–water partition coefficient (Wildman–Crippen LogP) is -2.02. The van der Waals surface area contributed by atoms with E-state index in [1.54, 1.807) is 0 Å². The summed E-state index contributed by atoms with van der Waals surface area (Å²) in [7, 11) is 0. The monoisotopic (exact) mass is 429 g/mol. The van der Waals surface area contributed by atoms with Crippen molar-refractivity contribution in [2.24, 2.45) is 11.5 Å². The Kier molecular flexibility index (Phi) is 10.2. The molecule has 0 bridgehead atoms. The van der Waals surface area contributed by atoms with E-state index in [9.17, 15) is 24.0 Å². The first-order valence-electron chi connectivity index (χ1n) is 9.90. The fourth-order valence-corrected chi connectivity index (χ4v) is 3.20. The van der Waals surface area contributed by atoms with Crippen molar-refractivity contribution < 1.29 is 34.2 Å². The molecular formula is C18H31N5O7. The molecule has 30 heavy (non-hydrogen) atoms. The van der Waals surface area contributed by atoms with E-state index in [1.807, 2.05) is 0 Å². The van der Waals surface area contributed by atoms with Crippen LogP contribution in [-0.2, 0) is 24.0 Å². The Morgan fingerprint density at radius 2 is 1.77 bits per heavy atom. The van der Waals surface area contributed by atoms with Gasteiger partial charge in [0.25, 0.3) is 0 Å². The predicted molar refractivity (Wildman–Crippen MR) is 105 cm³/mol. The van der Waals surface area contributed by atoms with Crippen molar-refractivity contribution in [2.75, 3.05) is 13.1 Å². The van der Waals surface area contributed by atoms with Gasteiger partial charge in [-0.3, -0.25) is 19.2 Å². The number of nitrogens with one attached hydrogen (secondary N) is 2. The van der Waals surface area contributed by atoms with Gasteiger partial charge in [-0.25, -0.2) is 4.79 Å². The minimum atomic E-state index is -1.61. The molecule has 4 unspecified atom stereocenters. The molecule has 1 fully saturated rings. The third kappa shape index (κ3) is 7.59. The second-order valence-electron chi connectivity index (χ2n) is 7.32. The Labute approximate surface area is 174 Å². The maximum absolute atomic E-state index is 13.1. The lowest BCUT2D eigenvalue weighted by Gasteiger charge is -2.29. The normalized spacial score (nSPS) is 18.9. The minimum absolute atomic E-state index is 0.259. The Bertz CT molecular complexity index is 655. The minimum Gasteiger partial charge on any atom is -0.481 e. The molecule has 1 aliphatic rings. The number of carboxylic acids is 2. The lowest BCUT2D eigenvalue weighted by molar-refractivity contribution is -0.148. The topological polar surface area (TPSA) is 205 Å². The maximum Gasteiger partial charge on any atom is 0.326 e.